The van der Waals surface area contributed by atoms with E-state index in [2.05, 4.69) is 26.8 Å². The maximum Gasteiger partial charge on any atom is 0.140 e. The van der Waals surface area contributed by atoms with Gasteiger partial charge >= 0.3 is 0 Å². The van der Waals surface area contributed by atoms with Gasteiger partial charge in [0.2, 0.25) is 0 Å². The molecule has 2 atom stereocenters. The Hall–Kier alpha value is -0.910. The summed E-state index contributed by atoms with van der Waals surface area (Å²) in [4.78, 5) is 13.1. The summed E-state index contributed by atoms with van der Waals surface area (Å²) < 4.78 is 0. The average Bonchev–Trinajstić information content (AvgIpc) is 2.47. The van der Waals surface area contributed by atoms with Gasteiger partial charge in [0.05, 0.1) is 12.2 Å². The minimum Gasteiger partial charge on any atom is -0.391 e. The van der Waals surface area contributed by atoms with E-state index in [0.717, 1.165) is 25.3 Å². The molecule has 6 heteroatoms. The number of halogens is 1. The average molecular weight is 297 g/mol. The highest BCUT2D eigenvalue weighted by Crippen LogP contribution is 2.33. The number of aliphatic hydroxyl groups excluding tert-OH is 1. The van der Waals surface area contributed by atoms with Crippen LogP contribution in [0.25, 0.3) is 0 Å². The van der Waals surface area contributed by atoms with Crippen LogP contribution in [-0.2, 0) is 6.61 Å². The van der Waals surface area contributed by atoms with Gasteiger partial charge in [0.1, 0.15) is 17.3 Å². The summed E-state index contributed by atoms with van der Waals surface area (Å²) in [5, 5.41) is 9.87. The van der Waals surface area contributed by atoms with E-state index in [-0.39, 0.29) is 6.61 Å². The van der Waals surface area contributed by atoms with E-state index in [9.17, 15) is 5.11 Å². The van der Waals surface area contributed by atoms with Crippen LogP contribution >= 0.6 is 11.6 Å². The number of rotatable bonds is 2. The Balaban J connectivity index is 1.81. The van der Waals surface area contributed by atoms with E-state index in [1.807, 2.05) is 0 Å². The Kier molecular flexibility index (Phi) is 4.10. The van der Waals surface area contributed by atoms with E-state index in [1.54, 1.807) is 0 Å². The molecule has 3 rings (SSSR count). The number of aromatic nitrogens is 2. The highest BCUT2D eigenvalue weighted by molar-refractivity contribution is 6.30. The van der Waals surface area contributed by atoms with E-state index in [0.29, 0.717) is 22.7 Å². The molecule has 1 aromatic heterocycles. The van der Waals surface area contributed by atoms with Crippen molar-refractivity contribution in [3.63, 3.8) is 0 Å². The number of hydrogen-bond acceptors (Lipinski definition) is 5. The number of aliphatic hydroxyl groups is 1. The van der Waals surface area contributed by atoms with E-state index in [1.165, 1.54) is 25.7 Å². The fourth-order valence-electron chi connectivity index (χ4n) is 3.64. The van der Waals surface area contributed by atoms with Gasteiger partial charge in [0.15, 0.2) is 0 Å². The normalized spacial score (nSPS) is 27.4. The third kappa shape index (κ3) is 2.50. The van der Waals surface area contributed by atoms with Crippen LogP contribution in [0, 0.1) is 5.92 Å². The van der Waals surface area contributed by atoms with Crippen molar-refractivity contribution < 1.29 is 5.11 Å². The second kappa shape index (κ2) is 5.84. The first-order valence-corrected chi connectivity index (χ1v) is 7.64. The molecule has 0 aliphatic carbocycles. The molecule has 3 heterocycles. The first-order chi connectivity index (χ1) is 9.70. The van der Waals surface area contributed by atoms with Crippen molar-refractivity contribution >= 4 is 17.4 Å². The first-order valence-electron chi connectivity index (χ1n) is 7.26. The summed E-state index contributed by atoms with van der Waals surface area (Å²) in [6.07, 6.45) is 5.17. The van der Waals surface area contributed by atoms with Crippen molar-refractivity contribution in [2.75, 3.05) is 31.6 Å². The van der Waals surface area contributed by atoms with Gasteiger partial charge in [0, 0.05) is 19.1 Å². The van der Waals surface area contributed by atoms with Gasteiger partial charge in [-0.3, -0.25) is 0 Å². The number of piperidine rings is 2. The van der Waals surface area contributed by atoms with Gasteiger partial charge in [-0.25, -0.2) is 9.97 Å². The quantitative estimate of drug-likeness (QED) is 0.839. The van der Waals surface area contributed by atoms with Gasteiger partial charge < -0.3 is 14.9 Å². The second-order valence-corrected chi connectivity index (χ2v) is 6.17. The van der Waals surface area contributed by atoms with Crippen molar-refractivity contribution in [3.05, 3.63) is 17.0 Å². The van der Waals surface area contributed by atoms with Crippen LogP contribution in [0.15, 0.2) is 6.33 Å². The molecule has 0 bridgehead atoms. The summed E-state index contributed by atoms with van der Waals surface area (Å²) in [6.45, 7) is 3.06. The van der Waals surface area contributed by atoms with Crippen molar-refractivity contribution in [1.29, 1.82) is 0 Å². The molecule has 110 valence electrons. The fraction of sp³-hybridized carbons (Fsp3) is 0.714. The van der Waals surface area contributed by atoms with Gasteiger partial charge in [0.25, 0.3) is 0 Å². The minimum absolute atomic E-state index is 0.112. The molecule has 1 N–H and O–H groups in total. The molecule has 2 aliphatic rings. The molecule has 20 heavy (non-hydrogen) atoms. The Morgan fingerprint density at radius 3 is 3.00 bits per heavy atom. The molecule has 2 saturated heterocycles. The lowest BCUT2D eigenvalue weighted by Gasteiger charge is -2.46. The summed E-state index contributed by atoms with van der Waals surface area (Å²) >= 11 is 6.06. The standard InChI is InChI=1S/C14H21ClN4O/c1-18-5-2-3-10-7-19(6-4-12(10)18)14-11(8-20)13(15)16-9-17-14/h9-10,12,20H,2-8H2,1H3. The Morgan fingerprint density at radius 2 is 2.20 bits per heavy atom. The zero-order valence-electron chi connectivity index (χ0n) is 11.8. The number of fused-ring (bicyclic) bond motifs is 1. The Labute approximate surface area is 124 Å². The molecule has 0 aromatic carbocycles. The highest BCUT2D eigenvalue weighted by atomic mass is 35.5. The van der Waals surface area contributed by atoms with Gasteiger partial charge in [-0.05, 0) is 38.8 Å². The molecular weight excluding hydrogens is 276 g/mol. The molecule has 0 spiro atoms. The summed E-state index contributed by atoms with van der Waals surface area (Å²) in [5.41, 5.74) is 0.650. The van der Waals surface area contributed by atoms with E-state index in [4.69, 9.17) is 11.6 Å². The van der Waals surface area contributed by atoms with Gasteiger partial charge in [-0.2, -0.15) is 0 Å². The summed E-state index contributed by atoms with van der Waals surface area (Å²) in [5.74, 6) is 1.49. The third-order valence-electron chi connectivity index (χ3n) is 4.67. The topological polar surface area (TPSA) is 52.5 Å². The monoisotopic (exact) mass is 296 g/mol. The zero-order chi connectivity index (χ0) is 14.1. The number of anilines is 1. The summed E-state index contributed by atoms with van der Waals surface area (Å²) in [6, 6.07) is 0.690. The largest absolute Gasteiger partial charge is 0.391 e. The van der Waals surface area contributed by atoms with Crippen molar-refractivity contribution in [3.8, 4) is 0 Å². The first kappa shape index (κ1) is 14.0. The van der Waals surface area contributed by atoms with Crippen LogP contribution in [0.3, 0.4) is 0 Å². The molecule has 5 nitrogen and oxygen atoms in total. The van der Waals surface area contributed by atoms with Crippen molar-refractivity contribution in [2.45, 2.75) is 31.9 Å². The van der Waals surface area contributed by atoms with Gasteiger partial charge in [-0.1, -0.05) is 11.6 Å². The molecular formula is C14H21ClN4O. The predicted octanol–water partition coefficient (Wildman–Crippen LogP) is 1.54. The fourth-order valence-corrected chi connectivity index (χ4v) is 3.82. The van der Waals surface area contributed by atoms with Crippen LogP contribution in [-0.4, -0.2) is 52.7 Å². The second-order valence-electron chi connectivity index (χ2n) is 5.81. The van der Waals surface area contributed by atoms with E-state index < -0.39 is 0 Å². The lowest BCUT2D eigenvalue weighted by Crippen LogP contribution is -2.53. The van der Waals surface area contributed by atoms with Crippen LogP contribution < -0.4 is 4.90 Å². The highest BCUT2D eigenvalue weighted by Gasteiger charge is 2.35. The number of hydrogen-bond donors (Lipinski definition) is 1. The Bertz CT molecular complexity index is 484. The van der Waals surface area contributed by atoms with Crippen LogP contribution in [0.4, 0.5) is 5.82 Å². The molecule has 0 radical (unpaired) electrons. The smallest absolute Gasteiger partial charge is 0.140 e. The predicted molar refractivity (Wildman–Crippen MR) is 78.9 cm³/mol. The molecule has 0 saturated carbocycles. The zero-order valence-corrected chi connectivity index (χ0v) is 12.6. The van der Waals surface area contributed by atoms with Crippen LogP contribution in [0.1, 0.15) is 24.8 Å². The molecule has 2 unspecified atom stereocenters. The minimum atomic E-state index is -0.112. The number of nitrogens with zero attached hydrogens (tertiary/aromatic N) is 4. The molecule has 1 aromatic rings. The maximum atomic E-state index is 9.51. The van der Waals surface area contributed by atoms with Crippen LogP contribution in [0.2, 0.25) is 5.15 Å². The van der Waals surface area contributed by atoms with Crippen molar-refractivity contribution in [2.24, 2.45) is 5.92 Å². The van der Waals surface area contributed by atoms with Gasteiger partial charge in [-0.15, -0.1) is 0 Å². The third-order valence-corrected chi connectivity index (χ3v) is 5.00. The summed E-state index contributed by atoms with van der Waals surface area (Å²) in [7, 11) is 2.23. The lowest BCUT2D eigenvalue weighted by molar-refractivity contribution is 0.102. The molecule has 2 aliphatic heterocycles. The van der Waals surface area contributed by atoms with E-state index >= 15 is 0 Å². The lowest BCUT2D eigenvalue weighted by atomic mass is 9.84. The molecule has 2 fully saturated rings. The number of likely N-dealkylation sites (tertiary alicyclic amines) is 1. The molecule has 0 amide bonds. The Morgan fingerprint density at radius 1 is 1.35 bits per heavy atom. The van der Waals surface area contributed by atoms with Crippen molar-refractivity contribution in [1.82, 2.24) is 14.9 Å². The van der Waals surface area contributed by atoms with Crippen LogP contribution in [0.5, 0.6) is 0 Å². The maximum absolute atomic E-state index is 9.51. The SMILES string of the molecule is CN1CCCC2CN(c3ncnc(Cl)c3CO)CCC21.